The molecule has 0 radical (unpaired) electrons. The molecular weight excluding hydrogens is 292 g/mol. The minimum atomic E-state index is -0.677. The maximum atomic E-state index is 12.0. The van der Waals surface area contributed by atoms with Crippen molar-refractivity contribution in [3.8, 4) is 0 Å². The molecule has 114 valence electrons. The molecule has 0 aromatic heterocycles. The van der Waals surface area contributed by atoms with Crippen molar-refractivity contribution in [2.75, 3.05) is 7.11 Å². The van der Waals surface area contributed by atoms with Crippen molar-refractivity contribution in [2.24, 2.45) is 0 Å². The fraction of sp³-hybridized carbons (Fsp3) is 0.562. The Hall–Kier alpha value is -1.10. The van der Waals surface area contributed by atoms with E-state index in [2.05, 4.69) is 0 Å². The number of methoxy groups -OCH3 is 1. The van der Waals surface area contributed by atoms with Gasteiger partial charge in [-0.1, -0.05) is 29.8 Å². The van der Waals surface area contributed by atoms with Gasteiger partial charge in [0.05, 0.1) is 7.11 Å². The van der Waals surface area contributed by atoms with Gasteiger partial charge in [-0.15, -0.1) is 0 Å². The molecule has 1 aliphatic heterocycles. The maximum absolute atomic E-state index is 12.0. The number of esters is 1. The van der Waals surface area contributed by atoms with Gasteiger partial charge in [-0.3, -0.25) is 0 Å². The molecule has 4 nitrogen and oxygen atoms in total. The highest BCUT2D eigenvalue weighted by Crippen LogP contribution is 2.43. The molecule has 1 aliphatic carbocycles. The molecule has 1 spiro atoms. The standard InChI is InChI=1S/C16H19ClO4/c1-19-15(18)14-13(10-11-6-2-3-7-12(11)17)20-16(21-14)8-4-5-9-16/h2-3,6-7,13-14H,4-5,8-10H2,1H3. The van der Waals surface area contributed by atoms with Gasteiger partial charge in [0.25, 0.3) is 0 Å². The van der Waals surface area contributed by atoms with Crippen LogP contribution in [-0.2, 0) is 25.4 Å². The van der Waals surface area contributed by atoms with Gasteiger partial charge in [-0.2, -0.15) is 0 Å². The number of benzene rings is 1. The first kappa shape index (κ1) is 14.8. The number of halogens is 1. The highest BCUT2D eigenvalue weighted by atomic mass is 35.5. The topological polar surface area (TPSA) is 44.8 Å². The summed E-state index contributed by atoms with van der Waals surface area (Å²) >= 11 is 6.20. The first-order valence-corrected chi connectivity index (χ1v) is 7.68. The molecule has 21 heavy (non-hydrogen) atoms. The zero-order chi connectivity index (χ0) is 14.9. The van der Waals surface area contributed by atoms with Crippen LogP contribution < -0.4 is 0 Å². The van der Waals surface area contributed by atoms with Crippen LogP contribution in [0.2, 0.25) is 5.02 Å². The van der Waals surface area contributed by atoms with Gasteiger partial charge in [-0.25, -0.2) is 4.79 Å². The summed E-state index contributed by atoms with van der Waals surface area (Å²) in [5, 5.41) is 0.678. The fourth-order valence-electron chi connectivity index (χ4n) is 3.17. The molecule has 1 heterocycles. The van der Waals surface area contributed by atoms with Gasteiger partial charge >= 0.3 is 5.97 Å². The van der Waals surface area contributed by atoms with E-state index in [-0.39, 0.29) is 12.1 Å². The molecular formula is C16H19ClO4. The summed E-state index contributed by atoms with van der Waals surface area (Å²) in [6, 6.07) is 7.59. The lowest BCUT2D eigenvalue weighted by Crippen LogP contribution is -2.34. The predicted molar refractivity (Wildman–Crippen MR) is 78.1 cm³/mol. The summed E-state index contributed by atoms with van der Waals surface area (Å²) in [7, 11) is 1.37. The molecule has 2 aliphatic rings. The summed E-state index contributed by atoms with van der Waals surface area (Å²) in [5.74, 6) is -0.985. The third-order valence-electron chi connectivity index (χ3n) is 4.22. The van der Waals surface area contributed by atoms with Gasteiger partial charge < -0.3 is 14.2 Å². The molecule has 1 aromatic rings. The van der Waals surface area contributed by atoms with Crippen LogP contribution in [-0.4, -0.2) is 31.1 Å². The minimum absolute atomic E-state index is 0.351. The number of carbonyl (C=O) groups excluding carboxylic acids is 1. The van der Waals surface area contributed by atoms with Crippen LogP contribution in [0.25, 0.3) is 0 Å². The van der Waals surface area contributed by atoms with E-state index in [4.69, 9.17) is 25.8 Å². The Bertz CT molecular complexity index is 525. The first-order valence-electron chi connectivity index (χ1n) is 7.30. The largest absolute Gasteiger partial charge is 0.467 e. The van der Waals surface area contributed by atoms with E-state index in [1.54, 1.807) is 0 Å². The molecule has 2 unspecified atom stereocenters. The fourth-order valence-corrected chi connectivity index (χ4v) is 3.38. The molecule has 0 bridgehead atoms. The summed E-state index contributed by atoms with van der Waals surface area (Å²) in [6.07, 6.45) is 3.31. The lowest BCUT2D eigenvalue weighted by atomic mass is 10.0. The number of ether oxygens (including phenoxy) is 3. The Balaban J connectivity index is 1.81. The summed E-state index contributed by atoms with van der Waals surface area (Å²) in [4.78, 5) is 12.0. The van der Waals surface area contributed by atoms with E-state index in [0.29, 0.717) is 11.4 Å². The number of carbonyl (C=O) groups is 1. The van der Waals surface area contributed by atoms with Crippen molar-refractivity contribution in [2.45, 2.75) is 50.1 Å². The molecule has 5 heteroatoms. The zero-order valence-corrected chi connectivity index (χ0v) is 12.8. The Morgan fingerprint density at radius 3 is 2.71 bits per heavy atom. The van der Waals surface area contributed by atoms with E-state index in [1.807, 2.05) is 24.3 Å². The van der Waals surface area contributed by atoms with Crippen molar-refractivity contribution in [1.82, 2.24) is 0 Å². The van der Waals surface area contributed by atoms with Crippen molar-refractivity contribution in [1.29, 1.82) is 0 Å². The summed E-state index contributed by atoms with van der Waals surface area (Å²) in [5.41, 5.74) is 0.955. The molecule has 1 saturated heterocycles. The third kappa shape index (κ3) is 2.93. The van der Waals surface area contributed by atoms with E-state index >= 15 is 0 Å². The number of hydrogen-bond acceptors (Lipinski definition) is 4. The van der Waals surface area contributed by atoms with Crippen molar-refractivity contribution >= 4 is 17.6 Å². The van der Waals surface area contributed by atoms with Crippen LogP contribution in [0.4, 0.5) is 0 Å². The van der Waals surface area contributed by atoms with Crippen LogP contribution >= 0.6 is 11.6 Å². The molecule has 3 rings (SSSR count). The van der Waals surface area contributed by atoms with Crippen LogP contribution in [0.15, 0.2) is 24.3 Å². The van der Waals surface area contributed by atoms with Crippen molar-refractivity contribution in [3.63, 3.8) is 0 Å². The quantitative estimate of drug-likeness (QED) is 0.805. The Labute approximate surface area is 129 Å². The van der Waals surface area contributed by atoms with E-state index < -0.39 is 11.9 Å². The lowest BCUT2D eigenvalue weighted by Gasteiger charge is -2.21. The van der Waals surface area contributed by atoms with Crippen molar-refractivity contribution in [3.05, 3.63) is 34.9 Å². The van der Waals surface area contributed by atoms with E-state index in [9.17, 15) is 4.79 Å². The van der Waals surface area contributed by atoms with Gasteiger partial charge in [0.2, 0.25) is 0 Å². The second-order valence-corrected chi connectivity index (χ2v) is 6.04. The minimum Gasteiger partial charge on any atom is -0.467 e. The molecule has 2 atom stereocenters. The van der Waals surface area contributed by atoms with E-state index in [0.717, 1.165) is 31.2 Å². The SMILES string of the molecule is COC(=O)C1OC2(CCCC2)OC1Cc1ccccc1Cl. The molecule has 1 aromatic carbocycles. The van der Waals surface area contributed by atoms with Gasteiger partial charge in [-0.05, 0) is 24.5 Å². The summed E-state index contributed by atoms with van der Waals surface area (Å²) in [6.45, 7) is 0. The van der Waals surface area contributed by atoms with Crippen LogP contribution in [0.3, 0.4) is 0 Å². The number of hydrogen-bond donors (Lipinski definition) is 0. The average Bonchev–Trinajstić information content (AvgIpc) is 3.08. The Morgan fingerprint density at radius 1 is 1.33 bits per heavy atom. The molecule has 1 saturated carbocycles. The Kier molecular flexibility index (Phi) is 4.20. The highest BCUT2D eigenvalue weighted by molar-refractivity contribution is 6.31. The molecule has 2 fully saturated rings. The smallest absolute Gasteiger partial charge is 0.337 e. The normalized spacial score (nSPS) is 27.1. The number of rotatable bonds is 3. The van der Waals surface area contributed by atoms with Gasteiger partial charge in [0.1, 0.15) is 6.10 Å². The van der Waals surface area contributed by atoms with Gasteiger partial charge in [0, 0.05) is 24.3 Å². The Morgan fingerprint density at radius 2 is 2.05 bits per heavy atom. The van der Waals surface area contributed by atoms with Gasteiger partial charge in [0.15, 0.2) is 11.9 Å². The van der Waals surface area contributed by atoms with Crippen molar-refractivity contribution < 1.29 is 19.0 Å². The molecule has 0 N–H and O–H groups in total. The van der Waals surface area contributed by atoms with E-state index in [1.165, 1.54) is 7.11 Å². The van der Waals surface area contributed by atoms with Crippen LogP contribution in [0, 0.1) is 0 Å². The predicted octanol–water partition coefficient (Wildman–Crippen LogP) is 3.11. The monoisotopic (exact) mass is 310 g/mol. The van der Waals surface area contributed by atoms with Crippen LogP contribution in [0.5, 0.6) is 0 Å². The lowest BCUT2D eigenvalue weighted by molar-refractivity contribution is -0.180. The first-order chi connectivity index (χ1) is 10.1. The maximum Gasteiger partial charge on any atom is 0.337 e. The summed E-state index contributed by atoms with van der Waals surface area (Å²) < 4.78 is 16.9. The average molecular weight is 311 g/mol. The molecule has 0 amide bonds. The van der Waals surface area contributed by atoms with Crippen LogP contribution in [0.1, 0.15) is 31.2 Å². The highest BCUT2D eigenvalue weighted by Gasteiger charge is 2.52. The second-order valence-electron chi connectivity index (χ2n) is 5.63. The zero-order valence-electron chi connectivity index (χ0n) is 12.0. The third-order valence-corrected chi connectivity index (χ3v) is 4.59. The second kappa shape index (κ2) is 5.95.